The summed E-state index contributed by atoms with van der Waals surface area (Å²) in [5.74, 6) is 1.57. The minimum atomic E-state index is -0.133. The summed E-state index contributed by atoms with van der Waals surface area (Å²) in [6.45, 7) is 4.24. The summed E-state index contributed by atoms with van der Waals surface area (Å²) in [7, 11) is 0. The highest BCUT2D eigenvalue weighted by molar-refractivity contribution is 5.93. The number of aryl methyl sites for hydroxylation is 2. The molecule has 0 aliphatic heterocycles. The van der Waals surface area contributed by atoms with Gasteiger partial charge in [0, 0.05) is 18.2 Å². The second-order valence-electron chi connectivity index (χ2n) is 5.58. The third kappa shape index (κ3) is 3.38. The molecule has 1 aliphatic carbocycles. The topological polar surface area (TPSA) is 68.3 Å². The van der Waals surface area contributed by atoms with Gasteiger partial charge in [0.15, 0.2) is 5.76 Å². The molecule has 0 aromatic carbocycles. The van der Waals surface area contributed by atoms with Crippen molar-refractivity contribution in [2.75, 3.05) is 6.54 Å². The molecule has 4 nitrogen and oxygen atoms in total. The molecule has 19 heavy (non-hydrogen) atoms. The SMILES string of the molecule is Cc1cc(C)c(C(=O)NC(CN)C2CCCCC2)o1. The smallest absolute Gasteiger partial charge is 0.287 e. The van der Waals surface area contributed by atoms with E-state index < -0.39 is 0 Å². The Kier molecular flexibility index (Phi) is 4.64. The molecule has 1 unspecified atom stereocenters. The van der Waals surface area contributed by atoms with Gasteiger partial charge in [-0.2, -0.15) is 0 Å². The lowest BCUT2D eigenvalue weighted by Crippen LogP contribution is -2.46. The molecule has 0 bridgehead atoms. The molecule has 0 saturated heterocycles. The van der Waals surface area contributed by atoms with Crippen LogP contribution < -0.4 is 11.1 Å². The summed E-state index contributed by atoms with van der Waals surface area (Å²) in [5, 5.41) is 3.05. The fourth-order valence-electron chi connectivity index (χ4n) is 3.01. The Bertz CT molecular complexity index is 433. The summed E-state index contributed by atoms with van der Waals surface area (Å²) in [6, 6.07) is 1.95. The number of nitrogens with two attached hydrogens (primary N) is 1. The van der Waals surface area contributed by atoms with Gasteiger partial charge < -0.3 is 15.5 Å². The predicted octanol–water partition coefficient (Wildman–Crippen LogP) is 2.53. The van der Waals surface area contributed by atoms with Crippen molar-refractivity contribution in [2.24, 2.45) is 11.7 Å². The molecule has 1 aromatic rings. The molecule has 1 heterocycles. The van der Waals surface area contributed by atoms with Crippen LogP contribution in [0.1, 0.15) is 54.0 Å². The van der Waals surface area contributed by atoms with Gasteiger partial charge >= 0.3 is 0 Å². The number of carbonyl (C=O) groups is 1. The van der Waals surface area contributed by atoms with Crippen LogP contribution in [0.4, 0.5) is 0 Å². The molecule has 1 fully saturated rings. The van der Waals surface area contributed by atoms with Gasteiger partial charge in [-0.25, -0.2) is 0 Å². The number of amides is 1. The van der Waals surface area contributed by atoms with E-state index in [0.29, 0.717) is 18.2 Å². The van der Waals surface area contributed by atoms with Crippen LogP contribution in [0.2, 0.25) is 0 Å². The lowest BCUT2D eigenvalue weighted by atomic mass is 9.84. The van der Waals surface area contributed by atoms with Gasteiger partial charge in [0.05, 0.1) is 0 Å². The quantitative estimate of drug-likeness (QED) is 0.878. The maximum Gasteiger partial charge on any atom is 0.287 e. The molecule has 106 valence electrons. The highest BCUT2D eigenvalue weighted by Gasteiger charge is 2.25. The van der Waals surface area contributed by atoms with Gasteiger partial charge in [-0.15, -0.1) is 0 Å². The molecule has 1 aromatic heterocycles. The molecular weight excluding hydrogens is 240 g/mol. The Morgan fingerprint density at radius 3 is 2.63 bits per heavy atom. The number of carbonyl (C=O) groups excluding carboxylic acids is 1. The fraction of sp³-hybridized carbons (Fsp3) is 0.667. The maximum absolute atomic E-state index is 12.2. The van der Waals surface area contributed by atoms with Crippen molar-refractivity contribution in [2.45, 2.75) is 52.0 Å². The Hall–Kier alpha value is -1.29. The molecule has 3 N–H and O–H groups in total. The molecule has 0 radical (unpaired) electrons. The number of rotatable bonds is 4. The van der Waals surface area contributed by atoms with E-state index in [0.717, 1.165) is 24.2 Å². The first-order valence-electron chi connectivity index (χ1n) is 7.19. The first-order valence-corrected chi connectivity index (χ1v) is 7.19. The third-order valence-corrected chi connectivity index (χ3v) is 4.04. The largest absolute Gasteiger partial charge is 0.456 e. The summed E-state index contributed by atoms with van der Waals surface area (Å²) < 4.78 is 5.46. The van der Waals surface area contributed by atoms with Crippen molar-refractivity contribution in [3.8, 4) is 0 Å². The first-order chi connectivity index (χ1) is 9.11. The zero-order valence-corrected chi connectivity index (χ0v) is 11.9. The van der Waals surface area contributed by atoms with Gasteiger partial charge in [-0.05, 0) is 38.7 Å². The van der Waals surface area contributed by atoms with Crippen molar-refractivity contribution in [3.63, 3.8) is 0 Å². The van der Waals surface area contributed by atoms with E-state index >= 15 is 0 Å². The fourth-order valence-corrected chi connectivity index (χ4v) is 3.01. The monoisotopic (exact) mass is 264 g/mol. The Balaban J connectivity index is 2.01. The molecule has 1 aliphatic rings. The van der Waals surface area contributed by atoms with Crippen molar-refractivity contribution in [1.29, 1.82) is 0 Å². The molecule has 1 saturated carbocycles. The molecule has 1 atom stereocenters. The zero-order chi connectivity index (χ0) is 13.8. The molecule has 4 heteroatoms. The Morgan fingerprint density at radius 1 is 1.42 bits per heavy atom. The summed E-state index contributed by atoms with van der Waals surface area (Å²) in [5.41, 5.74) is 6.71. The van der Waals surface area contributed by atoms with E-state index in [9.17, 15) is 4.79 Å². The van der Waals surface area contributed by atoms with Crippen molar-refractivity contribution < 1.29 is 9.21 Å². The number of nitrogens with one attached hydrogen (secondary N) is 1. The lowest BCUT2D eigenvalue weighted by Gasteiger charge is -2.29. The molecule has 2 rings (SSSR count). The number of hydrogen-bond acceptors (Lipinski definition) is 3. The summed E-state index contributed by atoms with van der Waals surface area (Å²) in [6.07, 6.45) is 6.13. The van der Waals surface area contributed by atoms with Crippen LogP contribution in [0.3, 0.4) is 0 Å². The van der Waals surface area contributed by atoms with E-state index in [1.165, 1.54) is 19.3 Å². The molecule has 0 spiro atoms. The van der Waals surface area contributed by atoms with Gasteiger partial charge in [0.25, 0.3) is 5.91 Å². The Morgan fingerprint density at radius 2 is 2.11 bits per heavy atom. The maximum atomic E-state index is 12.2. The average molecular weight is 264 g/mol. The number of hydrogen-bond donors (Lipinski definition) is 2. The minimum absolute atomic E-state index is 0.0672. The van der Waals surface area contributed by atoms with Crippen LogP contribution in [0.15, 0.2) is 10.5 Å². The van der Waals surface area contributed by atoms with Crippen LogP contribution in [-0.4, -0.2) is 18.5 Å². The van der Waals surface area contributed by atoms with E-state index in [2.05, 4.69) is 5.32 Å². The molecule has 1 amide bonds. The highest BCUT2D eigenvalue weighted by atomic mass is 16.3. The molecular formula is C15H24N2O2. The van der Waals surface area contributed by atoms with Crippen molar-refractivity contribution in [3.05, 3.63) is 23.2 Å². The zero-order valence-electron chi connectivity index (χ0n) is 11.9. The second kappa shape index (κ2) is 6.24. The normalized spacial score (nSPS) is 18.3. The summed E-state index contributed by atoms with van der Waals surface area (Å²) >= 11 is 0. The van der Waals surface area contributed by atoms with Crippen LogP contribution in [-0.2, 0) is 0 Å². The lowest BCUT2D eigenvalue weighted by molar-refractivity contribution is 0.0885. The van der Waals surface area contributed by atoms with Crippen LogP contribution in [0.5, 0.6) is 0 Å². The van der Waals surface area contributed by atoms with E-state index in [1.807, 2.05) is 19.9 Å². The van der Waals surface area contributed by atoms with E-state index in [4.69, 9.17) is 10.2 Å². The first kappa shape index (κ1) is 14.1. The van der Waals surface area contributed by atoms with Gasteiger partial charge in [0.1, 0.15) is 5.76 Å². The van der Waals surface area contributed by atoms with Crippen LogP contribution in [0.25, 0.3) is 0 Å². The average Bonchev–Trinajstić information content (AvgIpc) is 2.76. The van der Waals surface area contributed by atoms with Gasteiger partial charge in [0.2, 0.25) is 0 Å². The van der Waals surface area contributed by atoms with Gasteiger partial charge in [-0.1, -0.05) is 19.3 Å². The van der Waals surface area contributed by atoms with Gasteiger partial charge in [-0.3, -0.25) is 4.79 Å². The minimum Gasteiger partial charge on any atom is -0.456 e. The van der Waals surface area contributed by atoms with Crippen molar-refractivity contribution in [1.82, 2.24) is 5.32 Å². The standard InChI is InChI=1S/C15H24N2O2/c1-10-8-11(2)19-14(10)15(18)17-13(9-16)12-6-4-3-5-7-12/h8,12-13H,3-7,9,16H2,1-2H3,(H,17,18). The van der Waals surface area contributed by atoms with Crippen LogP contribution in [0, 0.1) is 19.8 Å². The van der Waals surface area contributed by atoms with Crippen molar-refractivity contribution >= 4 is 5.91 Å². The second-order valence-corrected chi connectivity index (χ2v) is 5.58. The highest BCUT2D eigenvalue weighted by Crippen LogP contribution is 2.26. The number of furan rings is 1. The van der Waals surface area contributed by atoms with E-state index in [-0.39, 0.29) is 11.9 Å². The summed E-state index contributed by atoms with van der Waals surface area (Å²) in [4.78, 5) is 12.2. The van der Waals surface area contributed by atoms with Crippen LogP contribution >= 0.6 is 0 Å². The van der Waals surface area contributed by atoms with E-state index in [1.54, 1.807) is 0 Å². The Labute approximate surface area is 114 Å². The third-order valence-electron chi connectivity index (χ3n) is 4.04. The predicted molar refractivity (Wildman–Crippen MR) is 75.1 cm³/mol.